The van der Waals surface area contributed by atoms with Gasteiger partial charge < -0.3 is 10.0 Å². The molecule has 1 N–H and O–H groups in total. The van der Waals surface area contributed by atoms with Crippen LogP contribution in [-0.4, -0.2) is 23.9 Å². The summed E-state index contributed by atoms with van der Waals surface area (Å²) in [5, 5.41) is 9.60. The molecule has 0 radical (unpaired) electrons. The van der Waals surface area contributed by atoms with Crippen molar-refractivity contribution in [2.24, 2.45) is 0 Å². The minimum Gasteiger partial charge on any atom is -0.389 e. The number of anilines is 1. The fraction of sp³-hybridized carbons (Fsp3) is 0.538. The molecule has 0 aliphatic heterocycles. The Morgan fingerprint density at radius 3 is 2.47 bits per heavy atom. The van der Waals surface area contributed by atoms with Gasteiger partial charge in [0.15, 0.2) is 0 Å². The number of para-hydroxylation sites is 1. The van der Waals surface area contributed by atoms with Gasteiger partial charge in [-0.2, -0.15) is 13.2 Å². The Bertz CT molecular complexity index is 454. The Morgan fingerprint density at radius 1 is 1.37 bits per heavy atom. The third kappa shape index (κ3) is 3.37. The number of halogens is 4. The first kappa shape index (κ1) is 14.1. The number of alkyl halides is 3. The standard InChI is InChI=1S/C13H15F4NO/c1-8(19)10-3-2-4-11(14)12(10)18(9-5-6-9)7-13(15,16)17/h2-4,8-9,19H,5-7H2,1H3/t8-/m1/s1. The van der Waals surface area contributed by atoms with Crippen molar-refractivity contribution in [2.45, 2.75) is 38.1 Å². The van der Waals surface area contributed by atoms with Crippen molar-refractivity contribution in [1.82, 2.24) is 0 Å². The molecule has 1 aliphatic carbocycles. The first-order chi connectivity index (χ1) is 8.79. The van der Waals surface area contributed by atoms with E-state index in [0.29, 0.717) is 12.8 Å². The van der Waals surface area contributed by atoms with Gasteiger partial charge in [0.2, 0.25) is 0 Å². The van der Waals surface area contributed by atoms with Crippen LogP contribution in [0.25, 0.3) is 0 Å². The molecule has 0 amide bonds. The van der Waals surface area contributed by atoms with Crippen molar-refractivity contribution in [1.29, 1.82) is 0 Å². The fourth-order valence-electron chi connectivity index (χ4n) is 2.14. The Labute approximate surface area is 108 Å². The summed E-state index contributed by atoms with van der Waals surface area (Å²) >= 11 is 0. The molecule has 0 heterocycles. The number of aliphatic hydroxyl groups excluding tert-OH is 1. The highest BCUT2D eigenvalue weighted by Crippen LogP contribution is 2.39. The van der Waals surface area contributed by atoms with E-state index >= 15 is 0 Å². The zero-order chi connectivity index (χ0) is 14.2. The van der Waals surface area contributed by atoms with Gasteiger partial charge in [-0.1, -0.05) is 12.1 Å². The van der Waals surface area contributed by atoms with Crippen LogP contribution in [-0.2, 0) is 0 Å². The lowest BCUT2D eigenvalue weighted by Crippen LogP contribution is -2.37. The van der Waals surface area contributed by atoms with Crippen LogP contribution in [0.4, 0.5) is 23.2 Å². The molecular formula is C13H15F4NO. The molecule has 1 atom stereocenters. The monoisotopic (exact) mass is 277 g/mol. The van der Waals surface area contributed by atoms with Gasteiger partial charge >= 0.3 is 6.18 Å². The lowest BCUT2D eigenvalue weighted by molar-refractivity contribution is -0.120. The summed E-state index contributed by atoms with van der Waals surface area (Å²) in [4.78, 5) is 1.03. The van der Waals surface area contributed by atoms with Gasteiger partial charge in [-0.25, -0.2) is 4.39 Å². The molecule has 1 aliphatic rings. The van der Waals surface area contributed by atoms with Crippen LogP contribution in [0, 0.1) is 5.82 Å². The Hall–Kier alpha value is -1.30. The van der Waals surface area contributed by atoms with Crippen molar-refractivity contribution >= 4 is 5.69 Å². The molecule has 106 valence electrons. The zero-order valence-corrected chi connectivity index (χ0v) is 10.4. The maximum atomic E-state index is 13.9. The van der Waals surface area contributed by atoms with Crippen molar-refractivity contribution in [3.8, 4) is 0 Å². The molecule has 0 bridgehead atoms. The minimum absolute atomic E-state index is 0.127. The molecule has 0 spiro atoms. The molecule has 0 saturated heterocycles. The Morgan fingerprint density at radius 2 is 2.00 bits per heavy atom. The van der Waals surface area contributed by atoms with Gasteiger partial charge in [-0.05, 0) is 25.8 Å². The number of hydrogen-bond donors (Lipinski definition) is 1. The topological polar surface area (TPSA) is 23.5 Å². The van der Waals surface area contributed by atoms with E-state index < -0.39 is 24.6 Å². The van der Waals surface area contributed by atoms with E-state index in [2.05, 4.69) is 0 Å². The number of benzene rings is 1. The summed E-state index contributed by atoms with van der Waals surface area (Å²) in [5.74, 6) is -0.727. The molecule has 1 fully saturated rings. The molecule has 6 heteroatoms. The molecule has 1 saturated carbocycles. The Balaban J connectivity index is 2.41. The van der Waals surface area contributed by atoms with Crippen LogP contribution in [0.2, 0.25) is 0 Å². The van der Waals surface area contributed by atoms with E-state index in [9.17, 15) is 22.7 Å². The zero-order valence-electron chi connectivity index (χ0n) is 10.4. The lowest BCUT2D eigenvalue weighted by Gasteiger charge is -2.29. The summed E-state index contributed by atoms with van der Waals surface area (Å²) in [7, 11) is 0. The molecule has 2 rings (SSSR count). The van der Waals surface area contributed by atoms with Crippen molar-refractivity contribution in [2.75, 3.05) is 11.4 Å². The van der Waals surface area contributed by atoms with Gasteiger partial charge in [-0.3, -0.25) is 0 Å². The number of hydrogen-bond acceptors (Lipinski definition) is 2. The van der Waals surface area contributed by atoms with E-state index in [1.54, 1.807) is 0 Å². The fourth-order valence-corrected chi connectivity index (χ4v) is 2.14. The second-order valence-electron chi connectivity index (χ2n) is 4.83. The molecular weight excluding hydrogens is 262 g/mol. The van der Waals surface area contributed by atoms with Gasteiger partial charge in [-0.15, -0.1) is 0 Å². The quantitative estimate of drug-likeness (QED) is 0.852. The molecule has 0 unspecified atom stereocenters. The van der Waals surface area contributed by atoms with Gasteiger partial charge in [0.1, 0.15) is 12.4 Å². The second-order valence-corrected chi connectivity index (χ2v) is 4.83. The third-order valence-corrected chi connectivity index (χ3v) is 3.09. The summed E-state index contributed by atoms with van der Waals surface area (Å²) in [6, 6.07) is 3.66. The van der Waals surface area contributed by atoms with Crippen LogP contribution in [0.3, 0.4) is 0 Å². The smallest absolute Gasteiger partial charge is 0.389 e. The summed E-state index contributed by atoms with van der Waals surface area (Å²) in [5.41, 5.74) is 0.0634. The molecule has 0 aromatic heterocycles. The highest BCUT2D eigenvalue weighted by Gasteiger charge is 2.40. The minimum atomic E-state index is -4.40. The van der Waals surface area contributed by atoms with Crippen LogP contribution < -0.4 is 4.90 Å². The maximum Gasteiger partial charge on any atom is 0.405 e. The van der Waals surface area contributed by atoms with Crippen molar-refractivity contribution in [3.63, 3.8) is 0 Å². The van der Waals surface area contributed by atoms with E-state index in [4.69, 9.17) is 0 Å². The third-order valence-electron chi connectivity index (χ3n) is 3.09. The summed E-state index contributed by atoms with van der Waals surface area (Å²) < 4.78 is 51.8. The van der Waals surface area contributed by atoms with E-state index in [1.165, 1.54) is 19.1 Å². The molecule has 1 aromatic carbocycles. The summed E-state index contributed by atoms with van der Waals surface area (Å²) in [6.45, 7) is 0.218. The summed E-state index contributed by atoms with van der Waals surface area (Å²) in [6.07, 6.45) is -4.19. The second kappa shape index (κ2) is 5.00. The predicted molar refractivity (Wildman–Crippen MR) is 63.5 cm³/mol. The average molecular weight is 277 g/mol. The van der Waals surface area contributed by atoms with Crippen molar-refractivity contribution in [3.05, 3.63) is 29.6 Å². The molecule has 19 heavy (non-hydrogen) atoms. The highest BCUT2D eigenvalue weighted by atomic mass is 19.4. The SMILES string of the molecule is C[C@@H](O)c1cccc(F)c1N(CC(F)(F)F)C1CC1. The van der Waals surface area contributed by atoms with Gasteiger partial charge in [0.25, 0.3) is 0 Å². The maximum absolute atomic E-state index is 13.9. The van der Waals surface area contributed by atoms with E-state index in [0.717, 1.165) is 11.0 Å². The van der Waals surface area contributed by atoms with Crippen molar-refractivity contribution < 1.29 is 22.7 Å². The normalized spacial score (nSPS) is 17.4. The van der Waals surface area contributed by atoms with Gasteiger partial charge in [0, 0.05) is 11.6 Å². The Kier molecular flexibility index (Phi) is 3.71. The van der Waals surface area contributed by atoms with Crippen LogP contribution in [0.1, 0.15) is 31.4 Å². The van der Waals surface area contributed by atoms with Crippen LogP contribution in [0.15, 0.2) is 18.2 Å². The number of nitrogens with zero attached hydrogens (tertiary/aromatic N) is 1. The number of rotatable bonds is 4. The average Bonchev–Trinajstić information content (AvgIpc) is 3.08. The lowest BCUT2D eigenvalue weighted by atomic mass is 10.1. The highest BCUT2D eigenvalue weighted by molar-refractivity contribution is 5.57. The molecule has 2 nitrogen and oxygen atoms in total. The molecule has 1 aromatic rings. The predicted octanol–water partition coefficient (Wildman–Crippen LogP) is 3.41. The largest absolute Gasteiger partial charge is 0.405 e. The first-order valence-corrected chi connectivity index (χ1v) is 6.09. The first-order valence-electron chi connectivity index (χ1n) is 6.09. The number of aliphatic hydroxyl groups is 1. The van der Waals surface area contributed by atoms with E-state index in [-0.39, 0.29) is 17.3 Å². The van der Waals surface area contributed by atoms with Gasteiger partial charge in [0.05, 0.1) is 11.8 Å². The van der Waals surface area contributed by atoms with E-state index in [1.807, 2.05) is 0 Å². The van der Waals surface area contributed by atoms with Crippen LogP contribution >= 0.6 is 0 Å². The van der Waals surface area contributed by atoms with Crippen LogP contribution in [0.5, 0.6) is 0 Å².